The minimum Gasteiger partial charge on any atom is -0.368 e. The molecule has 2 rings (SSSR count). The van der Waals surface area contributed by atoms with Gasteiger partial charge in [0, 0.05) is 30.9 Å². The fourth-order valence-electron chi connectivity index (χ4n) is 2.75. The molecule has 0 unspecified atom stereocenters. The molecule has 5 heteroatoms. The normalized spacial score (nSPS) is 25.1. The summed E-state index contributed by atoms with van der Waals surface area (Å²) in [7, 11) is 2.02. The summed E-state index contributed by atoms with van der Waals surface area (Å²) < 4.78 is 39.7. The monoisotopic (exact) mass is 286 g/mol. The first kappa shape index (κ1) is 15.2. The molecule has 0 amide bonds. The van der Waals surface area contributed by atoms with Crippen molar-refractivity contribution in [3.63, 3.8) is 0 Å². The summed E-state index contributed by atoms with van der Waals surface area (Å²) in [5.41, 5.74) is 0.410. The third-order valence-electron chi connectivity index (χ3n) is 4.16. The van der Waals surface area contributed by atoms with Crippen LogP contribution in [0, 0.1) is 6.92 Å². The lowest BCUT2D eigenvalue weighted by Crippen LogP contribution is -2.55. The molecule has 1 aliphatic heterocycles. The van der Waals surface area contributed by atoms with E-state index in [9.17, 15) is 13.2 Å². The number of benzene rings is 1. The summed E-state index contributed by atoms with van der Waals surface area (Å²) in [6.07, 6.45) is -4.31. The number of hydrogen-bond acceptors (Lipinski definition) is 2. The Labute approximate surface area is 118 Å². The van der Waals surface area contributed by atoms with Crippen molar-refractivity contribution in [3.8, 4) is 0 Å². The van der Waals surface area contributed by atoms with E-state index in [2.05, 4.69) is 4.90 Å². The third-order valence-corrected chi connectivity index (χ3v) is 4.16. The van der Waals surface area contributed by atoms with Crippen molar-refractivity contribution in [3.05, 3.63) is 29.3 Å². The quantitative estimate of drug-likeness (QED) is 0.779. The van der Waals surface area contributed by atoms with Crippen LogP contribution in [0.1, 0.15) is 25.0 Å². The van der Waals surface area contributed by atoms with Gasteiger partial charge < -0.3 is 4.90 Å². The van der Waals surface area contributed by atoms with E-state index in [1.54, 1.807) is 19.1 Å². The molecule has 0 aliphatic carbocycles. The summed E-state index contributed by atoms with van der Waals surface area (Å²) in [4.78, 5) is 4.07. The molecule has 1 saturated heterocycles. The van der Waals surface area contributed by atoms with E-state index in [1.165, 1.54) is 6.07 Å². The Morgan fingerprint density at radius 2 is 1.65 bits per heavy atom. The average Bonchev–Trinajstić information content (AvgIpc) is 2.34. The molecule has 112 valence electrons. The van der Waals surface area contributed by atoms with Crippen LogP contribution in [0.15, 0.2) is 18.2 Å². The summed E-state index contributed by atoms with van der Waals surface area (Å²) in [6, 6.07) is 5.06. The molecule has 2 atom stereocenters. The Morgan fingerprint density at radius 3 is 2.15 bits per heavy atom. The molecule has 1 aromatic carbocycles. The van der Waals surface area contributed by atoms with Gasteiger partial charge in [0.05, 0.1) is 5.56 Å². The SMILES string of the molecule is Cc1ccc(N2C[C@@H](C)N(C)[C@@H](C)C2)c(C(F)(F)F)c1. The van der Waals surface area contributed by atoms with Gasteiger partial charge in [0.1, 0.15) is 0 Å². The van der Waals surface area contributed by atoms with Crippen LogP contribution in [-0.4, -0.2) is 37.1 Å². The van der Waals surface area contributed by atoms with Gasteiger partial charge in [0.2, 0.25) is 0 Å². The minimum absolute atomic E-state index is 0.237. The van der Waals surface area contributed by atoms with Crippen molar-refractivity contribution in [2.75, 3.05) is 25.0 Å². The van der Waals surface area contributed by atoms with E-state index in [4.69, 9.17) is 0 Å². The number of nitrogens with zero attached hydrogens (tertiary/aromatic N) is 2. The standard InChI is InChI=1S/C15H21F3N2/c1-10-5-6-14(13(7-10)15(16,17)18)20-8-11(2)19(4)12(3)9-20/h5-7,11-12H,8-9H2,1-4H3/t11-,12+. The molecule has 1 aromatic rings. The van der Waals surface area contributed by atoms with Crippen LogP contribution in [0.4, 0.5) is 18.9 Å². The molecule has 1 aliphatic rings. The highest BCUT2D eigenvalue weighted by atomic mass is 19.4. The molecule has 0 radical (unpaired) electrons. The molecule has 1 fully saturated rings. The Morgan fingerprint density at radius 1 is 1.10 bits per heavy atom. The molecule has 0 bridgehead atoms. The summed E-state index contributed by atoms with van der Waals surface area (Å²) >= 11 is 0. The zero-order valence-corrected chi connectivity index (χ0v) is 12.3. The van der Waals surface area contributed by atoms with Gasteiger partial charge in [0.25, 0.3) is 0 Å². The molecular weight excluding hydrogens is 265 g/mol. The van der Waals surface area contributed by atoms with E-state index in [0.717, 1.165) is 0 Å². The van der Waals surface area contributed by atoms with E-state index in [0.29, 0.717) is 24.3 Å². The fraction of sp³-hybridized carbons (Fsp3) is 0.600. The van der Waals surface area contributed by atoms with Crippen molar-refractivity contribution in [2.45, 2.75) is 39.0 Å². The second kappa shape index (κ2) is 5.28. The lowest BCUT2D eigenvalue weighted by atomic mass is 10.0. The first-order chi connectivity index (χ1) is 9.20. The van der Waals surface area contributed by atoms with Crippen LogP contribution < -0.4 is 4.90 Å². The molecule has 0 spiro atoms. The molecule has 0 aromatic heterocycles. The highest BCUT2D eigenvalue weighted by molar-refractivity contribution is 5.57. The lowest BCUT2D eigenvalue weighted by Gasteiger charge is -2.44. The van der Waals surface area contributed by atoms with E-state index in [1.807, 2.05) is 25.8 Å². The zero-order chi connectivity index (χ0) is 15.1. The predicted octanol–water partition coefficient (Wildman–Crippen LogP) is 3.54. The van der Waals surface area contributed by atoms with Gasteiger partial charge in [-0.3, -0.25) is 4.90 Å². The molecule has 0 N–H and O–H groups in total. The van der Waals surface area contributed by atoms with Crippen LogP contribution in [0.25, 0.3) is 0 Å². The Balaban J connectivity index is 2.38. The first-order valence-electron chi connectivity index (χ1n) is 6.85. The first-order valence-corrected chi connectivity index (χ1v) is 6.85. The Kier molecular flexibility index (Phi) is 4.00. The predicted molar refractivity (Wildman–Crippen MR) is 75.1 cm³/mol. The van der Waals surface area contributed by atoms with Crippen LogP contribution in [0.3, 0.4) is 0 Å². The van der Waals surface area contributed by atoms with Gasteiger partial charge in [-0.05, 0) is 40.0 Å². The number of anilines is 1. The van der Waals surface area contributed by atoms with Crippen LogP contribution in [0.5, 0.6) is 0 Å². The van der Waals surface area contributed by atoms with E-state index < -0.39 is 11.7 Å². The number of rotatable bonds is 1. The van der Waals surface area contributed by atoms with Crippen molar-refractivity contribution in [2.24, 2.45) is 0 Å². The van der Waals surface area contributed by atoms with Crippen LogP contribution in [-0.2, 0) is 6.18 Å². The fourth-order valence-corrected chi connectivity index (χ4v) is 2.75. The van der Waals surface area contributed by atoms with Crippen molar-refractivity contribution in [1.82, 2.24) is 4.90 Å². The Hall–Kier alpha value is -1.23. The van der Waals surface area contributed by atoms with E-state index in [-0.39, 0.29) is 12.1 Å². The van der Waals surface area contributed by atoms with Gasteiger partial charge in [-0.15, -0.1) is 0 Å². The molecule has 0 saturated carbocycles. The molecule has 2 nitrogen and oxygen atoms in total. The number of hydrogen-bond donors (Lipinski definition) is 0. The third kappa shape index (κ3) is 2.92. The highest BCUT2D eigenvalue weighted by Crippen LogP contribution is 2.38. The van der Waals surface area contributed by atoms with Gasteiger partial charge in [-0.1, -0.05) is 11.6 Å². The van der Waals surface area contributed by atoms with E-state index >= 15 is 0 Å². The molecule has 1 heterocycles. The molecular formula is C15H21F3N2. The van der Waals surface area contributed by atoms with Gasteiger partial charge in [0.15, 0.2) is 0 Å². The summed E-state index contributed by atoms with van der Waals surface area (Å²) in [5, 5.41) is 0. The number of halogens is 3. The van der Waals surface area contributed by atoms with Crippen LogP contribution in [0.2, 0.25) is 0 Å². The van der Waals surface area contributed by atoms with Crippen molar-refractivity contribution >= 4 is 5.69 Å². The van der Waals surface area contributed by atoms with Gasteiger partial charge >= 0.3 is 6.18 Å². The maximum absolute atomic E-state index is 13.2. The average molecular weight is 286 g/mol. The second-order valence-electron chi connectivity index (χ2n) is 5.79. The van der Waals surface area contributed by atoms with Crippen molar-refractivity contribution in [1.29, 1.82) is 0 Å². The Bertz CT molecular complexity index is 472. The smallest absolute Gasteiger partial charge is 0.368 e. The van der Waals surface area contributed by atoms with Gasteiger partial charge in [-0.25, -0.2) is 0 Å². The lowest BCUT2D eigenvalue weighted by molar-refractivity contribution is -0.137. The highest BCUT2D eigenvalue weighted by Gasteiger charge is 2.37. The number of piperazine rings is 1. The summed E-state index contributed by atoms with van der Waals surface area (Å²) in [6.45, 7) is 7.02. The zero-order valence-electron chi connectivity index (χ0n) is 12.3. The largest absolute Gasteiger partial charge is 0.418 e. The maximum atomic E-state index is 13.2. The minimum atomic E-state index is -4.31. The molecule has 20 heavy (non-hydrogen) atoms. The van der Waals surface area contributed by atoms with Gasteiger partial charge in [-0.2, -0.15) is 13.2 Å². The van der Waals surface area contributed by atoms with Crippen LogP contribution >= 0.6 is 0 Å². The van der Waals surface area contributed by atoms with Crippen molar-refractivity contribution < 1.29 is 13.2 Å². The number of aryl methyl sites for hydroxylation is 1. The maximum Gasteiger partial charge on any atom is 0.418 e. The topological polar surface area (TPSA) is 6.48 Å². The number of likely N-dealkylation sites (N-methyl/N-ethyl adjacent to an activating group) is 1. The second-order valence-corrected chi connectivity index (χ2v) is 5.79. The number of alkyl halides is 3. The summed E-state index contributed by atoms with van der Waals surface area (Å²) in [5.74, 6) is 0.